The van der Waals surface area contributed by atoms with Gasteiger partial charge in [-0.1, -0.05) is 135 Å². The Balaban J connectivity index is 1.20. The molecular formula is C47H33NS. The molecule has 0 radical (unpaired) electrons. The Bertz CT molecular complexity index is 2750. The summed E-state index contributed by atoms with van der Waals surface area (Å²) in [4.78, 5) is 2.45. The molecule has 0 bridgehead atoms. The van der Waals surface area contributed by atoms with Gasteiger partial charge in [-0.05, 0) is 92.0 Å². The van der Waals surface area contributed by atoms with Gasteiger partial charge in [0.15, 0.2) is 0 Å². The Morgan fingerprint density at radius 1 is 0.449 bits per heavy atom. The van der Waals surface area contributed by atoms with Crippen LogP contribution in [-0.4, -0.2) is 0 Å². The first-order valence-corrected chi connectivity index (χ1v) is 17.8. The van der Waals surface area contributed by atoms with E-state index in [9.17, 15) is 0 Å². The normalized spacial score (nSPS) is 13.3. The number of nitrogens with zero attached hydrogens (tertiary/aromatic N) is 1. The lowest BCUT2D eigenvalue weighted by molar-refractivity contribution is 0.660. The van der Waals surface area contributed by atoms with Crippen molar-refractivity contribution in [3.05, 3.63) is 175 Å². The third-order valence-electron chi connectivity index (χ3n) is 10.6. The van der Waals surface area contributed by atoms with Gasteiger partial charge in [0.25, 0.3) is 0 Å². The van der Waals surface area contributed by atoms with Crippen LogP contribution in [0.25, 0.3) is 64.0 Å². The van der Waals surface area contributed by atoms with Crippen LogP contribution in [0.1, 0.15) is 25.0 Å². The molecule has 0 saturated heterocycles. The van der Waals surface area contributed by atoms with Crippen molar-refractivity contribution >= 4 is 70.1 Å². The van der Waals surface area contributed by atoms with Crippen molar-refractivity contribution in [1.82, 2.24) is 0 Å². The fraction of sp³-hybridized carbons (Fsp3) is 0.0638. The third-order valence-corrected chi connectivity index (χ3v) is 11.8. The number of fused-ring (bicyclic) bond motifs is 10. The van der Waals surface area contributed by atoms with E-state index < -0.39 is 0 Å². The first-order chi connectivity index (χ1) is 24.0. The van der Waals surface area contributed by atoms with Crippen molar-refractivity contribution in [2.45, 2.75) is 19.3 Å². The van der Waals surface area contributed by atoms with Crippen LogP contribution >= 0.6 is 11.3 Å². The fourth-order valence-electron chi connectivity index (χ4n) is 8.18. The predicted octanol–water partition coefficient (Wildman–Crippen LogP) is 13.8. The van der Waals surface area contributed by atoms with Crippen molar-refractivity contribution < 1.29 is 0 Å². The molecule has 0 N–H and O–H groups in total. The summed E-state index contributed by atoms with van der Waals surface area (Å²) in [7, 11) is 0. The molecule has 1 heterocycles. The van der Waals surface area contributed by atoms with E-state index in [1.54, 1.807) is 0 Å². The van der Waals surface area contributed by atoms with Crippen molar-refractivity contribution in [3.63, 3.8) is 0 Å². The summed E-state index contributed by atoms with van der Waals surface area (Å²) < 4.78 is 2.67. The Morgan fingerprint density at radius 3 is 2.06 bits per heavy atom. The predicted molar refractivity (Wildman–Crippen MR) is 212 cm³/mol. The molecular weight excluding hydrogens is 611 g/mol. The van der Waals surface area contributed by atoms with E-state index in [-0.39, 0.29) is 5.41 Å². The van der Waals surface area contributed by atoms with E-state index in [0.717, 1.165) is 11.4 Å². The summed E-state index contributed by atoms with van der Waals surface area (Å²) in [6.45, 7) is 4.72. The molecule has 2 heteroatoms. The van der Waals surface area contributed by atoms with Gasteiger partial charge in [0.1, 0.15) is 0 Å². The lowest BCUT2D eigenvalue weighted by Crippen LogP contribution is -2.16. The smallest absolute Gasteiger partial charge is 0.0468 e. The zero-order chi connectivity index (χ0) is 32.7. The minimum Gasteiger partial charge on any atom is -0.310 e. The molecule has 0 unspecified atom stereocenters. The Kier molecular flexibility index (Phi) is 6.16. The molecule has 49 heavy (non-hydrogen) atoms. The molecule has 232 valence electrons. The van der Waals surface area contributed by atoms with Gasteiger partial charge in [-0.15, -0.1) is 11.3 Å². The quantitative estimate of drug-likeness (QED) is 0.173. The first kappa shape index (κ1) is 28.3. The monoisotopic (exact) mass is 643 g/mol. The van der Waals surface area contributed by atoms with Gasteiger partial charge < -0.3 is 4.90 Å². The van der Waals surface area contributed by atoms with Crippen molar-refractivity contribution in [2.75, 3.05) is 4.90 Å². The standard InChI is InChI=1S/C47H33NS/c1-47(2)42-18-9-8-17-38(42)39-25-22-36(29-43(39)47)48(34-15-10-14-33(27-34)30-11-4-3-5-12-30)35-23-26-44-41(28-35)40-24-21-32-20-19-31-13-6-7-16-37(31)45(32)46(40)49-44/h3-29H,1-2H3. The summed E-state index contributed by atoms with van der Waals surface area (Å²) in [6, 6.07) is 60.6. The van der Waals surface area contributed by atoms with Crippen LogP contribution in [0.15, 0.2) is 164 Å². The summed E-state index contributed by atoms with van der Waals surface area (Å²) in [5.41, 5.74) is 11.2. The second-order valence-electron chi connectivity index (χ2n) is 13.8. The molecule has 0 atom stereocenters. The van der Waals surface area contributed by atoms with Crippen LogP contribution in [0.5, 0.6) is 0 Å². The van der Waals surface area contributed by atoms with Crippen LogP contribution in [0.4, 0.5) is 17.1 Å². The van der Waals surface area contributed by atoms with Gasteiger partial charge in [0, 0.05) is 48.0 Å². The molecule has 10 rings (SSSR count). The molecule has 0 fully saturated rings. The lowest BCUT2D eigenvalue weighted by atomic mass is 9.82. The van der Waals surface area contributed by atoms with E-state index in [1.165, 1.54) is 80.8 Å². The summed E-state index contributed by atoms with van der Waals surface area (Å²) in [5.74, 6) is 0. The van der Waals surface area contributed by atoms with Gasteiger partial charge in [-0.25, -0.2) is 0 Å². The van der Waals surface area contributed by atoms with Crippen molar-refractivity contribution in [2.24, 2.45) is 0 Å². The minimum atomic E-state index is -0.0865. The van der Waals surface area contributed by atoms with Gasteiger partial charge in [0.2, 0.25) is 0 Å². The van der Waals surface area contributed by atoms with E-state index in [4.69, 9.17) is 0 Å². The highest BCUT2D eigenvalue weighted by Gasteiger charge is 2.35. The van der Waals surface area contributed by atoms with E-state index in [0.29, 0.717) is 0 Å². The Hall–Kier alpha value is -5.70. The van der Waals surface area contributed by atoms with Crippen LogP contribution in [0.2, 0.25) is 0 Å². The molecule has 1 nitrogen and oxygen atoms in total. The van der Waals surface area contributed by atoms with Crippen LogP contribution < -0.4 is 4.90 Å². The molecule has 0 saturated carbocycles. The second kappa shape index (κ2) is 10.7. The molecule has 1 aromatic heterocycles. The summed E-state index contributed by atoms with van der Waals surface area (Å²) in [6.07, 6.45) is 0. The zero-order valence-corrected chi connectivity index (χ0v) is 28.3. The molecule has 0 aliphatic heterocycles. The third kappa shape index (κ3) is 4.31. The van der Waals surface area contributed by atoms with Crippen molar-refractivity contribution in [1.29, 1.82) is 0 Å². The highest BCUT2D eigenvalue weighted by molar-refractivity contribution is 7.26. The second-order valence-corrected chi connectivity index (χ2v) is 14.8. The molecule has 0 spiro atoms. The van der Waals surface area contributed by atoms with Gasteiger partial charge in [-0.2, -0.15) is 0 Å². The SMILES string of the molecule is CC1(C)c2ccccc2-c2ccc(N(c3cccc(-c4ccccc4)c3)c3ccc4sc5c(ccc6ccc7ccccc7c65)c4c3)cc21. The number of hydrogen-bond acceptors (Lipinski definition) is 2. The summed E-state index contributed by atoms with van der Waals surface area (Å²) >= 11 is 1.91. The number of anilines is 3. The van der Waals surface area contributed by atoms with Gasteiger partial charge >= 0.3 is 0 Å². The maximum Gasteiger partial charge on any atom is 0.0468 e. The Labute approximate surface area is 290 Å². The molecule has 9 aromatic rings. The van der Waals surface area contributed by atoms with Gasteiger partial charge in [0.05, 0.1) is 0 Å². The largest absolute Gasteiger partial charge is 0.310 e. The number of rotatable bonds is 4. The van der Waals surface area contributed by atoms with Crippen molar-refractivity contribution in [3.8, 4) is 22.3 Å². The lowest BCUT2D eigenvalue weighted by Gasteiger charge is -2.28. The Morgan fingerprint density at radius 2 is 1.14 bits per heavy atom. The highest BCUT2D eigenvalue weighted by Crippen LogP contribution is 2.51. The molecule has 1 aliphatic carbocycles. The maximum atomic E-state index is 2.45. The van der Waals surface area contributed by atoms with E-state index >= 15 is 0 Å². The topological polar surface area (TPSA) is 3.24 Å². The number of thiophene rings is 1. The number of benzene rings is 8. The maximum absolute atomic E-state index is 2.45. The summed E-state index contributed by atoms with van der Waals surface area (Å²) in [5, 5.41) is 7.86. The van der Waals surface area contributed by atoms with Crippen LogP contribution in [0, 0.1) is 0 Å². The van der Waals surface area contributed by atoms with Crippen LogP contribution in [-0.2, 0) is 5.41 Å². The molecule has 8 aromatic carbocycles. The minimum absolute atomic E-state index is 0.0865. The average Bonchev–Trinajstić information content (AvgIpc) is 3.64. The average molecular weight is 644 g/mol. The van der Waals surface area contributed by atoms with Gasteiger partial charge in [-0.3, -0.25) is 0 Å². The number of hydrogen-bond donors (Lipinski definition) is 0. The molecule has 1 aliphatic rings. The van der Waals surface area contributed by atoms with E-state index in [1.807, 2.05) is 11.3 Å². The van der Waals surface area contributed by atoms with Crippen LogP contribution in [0.3, 0.4) is 0 Å². The van der Waals surface area contributed by atoms with E-state index in [2.05, 4.69) is 183 Å². The first-order valence-electron chi connectivity index (χ1n) is 17.0. The fourth-order valence-corrected chi connectivity index (χ4v) is 9.44. The zero-order valence-electron chi connectivity index (χ0n) is 27.4. The molecule has 0 amide bonds. The highest BCUT2D eigenvalue weighted by atomic mass is 32.1.